The SMILES string of the molecule is COc1ccc(C(=O)CC2=NCCO2)cc1C(C)C. The van der Waals surface area contributed by atoms with Crippen LogP contribution in [0.25, 0.3) is 0 Å². The Bertz CT molecular complexity index is 506. The summed E-state index contributed by atoms with van der Waals surface area (Å²) in [5, 5.41) is 0. The second-order valence-corrected chi connectivity index (χ2v) is 4.84. The van der Waals surface area contributed by atoms with Gasteiger partial charge in [0, 0.05) is 5.56 Å². The van der Waals surface area contributed by atoms with Gasteiger partial charge in [0.1, 0.15) is 12.4 Å². The summed E-state index contributed by atoms with van der Waals surface area (Å²) in [5.41, 5.74) is 1.73. The van der Waals surface area contributed by atoms with E-state index in [1.165, 1.54) is 0 Å². The number of carbonyl (C=O) groups excluding carboxylic acids is 1. The van der Waals surface area contributed by atoms with E-state index in [1.807, 2.05) is 12.1 Å². The average Bonchev–Trinajstić information content (AvgIpc) is 2.90. The van der Waals surface area contributed by atoms with Crippen LogP contribution in [0.1, 0.15) is 42.1 Å². The summed E-state index contributed by atoms with van der Waals surface area (Å²) < 4.78 is 10.6. The molecule has 0 aliphatic carbocycles. The Morgan fingerprint density at radius 1 is 1.47 bits per heavy atom. The van der Waals surface area contributed by atoms with Gasteiger partial charge in [0.15, 0.2) is 11.7 Å². The molecule has 0 amide bonds. The molecule has 0 atom stereocenters. The van der Waals surface area contributed by atoms with Crippen molar-refractivity contribution >= 4 is 11.7 Å². The average molecular weight is 261 g/mol. The maximum Gasteiger partial charge on any atom is 0.191 e. The van der Waals surface area contributed by atoms with Crippen molar-refractivity contribution in [3.05, 3.63) is 29.3 Å². The molecule has 0 fully saturated rings. The van der Waals surface area contributed by atoms with Crippen molar-refractivity contribution in [1.82, 2.24) is 0 Å². The molecule has 0 aromatic heterocycles. The largest absolute Gasteiger partial charge is 0.496 e. The molecule has 1 aromatic carbocycles. The van der Waals surface area contributed by atoms with Gasteiger partial charge in [-0.05, 0) is 29.7 Å². The highest BCUT2D eigenvalue weighted by atomic mass is 16.5. The number of carbonyl (C=O) groups is 1. The first-order valence-corrected chi connectivity index (χ1v) is 6.49. The molecule has 102 valence electrons. The first kappa shape index (κ1) is 13.6. The van der Waals surface area contributed by atoms with Crippen LogP contribution >= 0.6 is 0 Å². The zero-order chi connectivity index (χ0) is 13.8. The summed E-state index contributed by atoms with van der Waals surface area (Å²) in [6.07, 6.45) is 0.240. The predicted molar refractivity (Wildman–Crippen MR) is 74.3 cm³/mol. The molecule has 4 nitrogen and oxygen atoms in total. The number of benzene rings is 1. The highest BCUT2D eigenvalue weighted by molar-refractivity contribution is 6.07. The van der Waals surface area contributed by atoms with Crippen LogP contribution in [0.5, 0.6) is 5.75 Å². The molecule has 2 rings (SSSR count). The van der Waals surface area contributed by atoms with Gasteiger partial charge >= 0.3 is 0 Å². The molecule has 4 heteroatoms. The lowest BCUT2D eigenvalue weighted by Gasteiger charge is -2.13. The fraction of sp³-hybridized carbons (Fsp3) is 0.467. The summed E-state index contributed by atoms with van der Waals surface area (Å²) in [6, 6.07) is 5.55. The molecule has 1 heterocycles. The van der Waals surface area contributed by atoms with Gasteiger partial charge in [0.05, 0.1) is 20.1 Å². The van der Waals surface area contributed by atoms with Crippen LogP contribution in [-0.2, 0) is 4.74 Å². The number of aliphatic imine (C=N–C) groups is 1. The highest BCUT2D eigenvalue weighted by Crippen LogP contribution is 2.27. The zero-order valence-corrected chi connectivity index (χ0v) is 11.6. The number of nitrogens with zero attached hydrogens (tertiary/aromatic N) is 1. The fourth-order valence-electron chi connectivity index (χ4n) is 2.08. The molecule has 0 spiro atoms. The number of ether oxygens (including phenoxy) is 2. The Kier molecular flexibility index (Phi) is 4.20. The van der Waals surface area contributed by atoms with E-state index in [0.717, 1.165) is 11.3 Å². The van der Waals surface area contributed by atoms with E-state index in [-0.39, 0.29) is 12.2 Å². The lowest BCUT2D eigenvalue weighted by atomic mass is 9.97. The second kappa shape index (κ2) is 5.87. The Morgan fingerprint density at radius 3 is 2.84 bits per heavy atom. The second-order valence-electron chi connectivity index (χ2n) is 4.84. The van der Waals surface area contributed by atoms with Crippen molar-refractivity contribution in [2.45, 2.75) is 26.2 Å². The van der Waals surface area contributed by atoms with Crippen LogP contribution in [0.4, 0.5) is 0 Å². The number of hydrogen-bond acceptors (Lipinski definition) is 4. The summed E-state index contributed by atoms with van der Waals surface area (Å²) in [6.45, 7) is 5.40. The van der Waals surface area contributed by atoms with E-state index >= 15 is 0 Å². The third-order valence-corrected chi connectivity index (χ3v) is 3.13. The molecule has 1 aliphatic rings. The lowest BCUT2D eigenvalue weighted by Crippen LogP contribution is -2.09. The maximum absolute atomic E-state index is 12.2. The van der Waals surface area contributed by atoms with Gasteiger partial charge in [-0.2, -0.15) is 0 Å². The first-order valence-electron chi connectivity index (χ1n) is 6.49. The number of ketones is 1. The zero-order valence-electron chi connectivity index (χ0n) is 11.6. The van der Waals surface area contributed by atoms with E-state index in [4.69, 9.17) is 9.47 Å². The Morgan fingerprint density at radius 2 is 2.26 bits per heavy atom. The molecule has 0 saturated carbocycles. The Hall–Kier alpha value is -1.84. The van der Waals surface area contributed by atoms with Crippen molar-refractivity contribution in [3.8, 4) is 5.75 Å². The number of rotatable bonds is 5. The standard InChI is InChI=1S/C15H19NO3/c1-10(2)12-8-11(4-5-14(12)18-3)13(17)9-15-16-6-7-19-15/h4-5,8,10H,6-7,9H2,1-3H3. The van der Waals surface area contributed by atoms with Crippen LogP contribution in [0, 0.1) is 0 Å². The minimum absolute atomic E-state index is 0.0326. The molecule has 1 aromatic rings. The number of methoxy groups -OCH3 is 1. The first-order chi connectivity index (χ1) is 9.11. The van der Waals surface area contributed by atoms with Gasteiger partial charge in [0.25, 0.3) is 0 Å². The van der Waals surface area contributed by atoms with E-state index in [0.29, 0.717) is 30.5 Å². The normalized spacial score (nSPS) is 14.2. The molecule has 1 aliphatic heterocycles. The quantitative estimate of drug-likeness (QED) is 0.766. The van der Waals surface area contributed by atoms with Crippen LogP contribution in [0.3, 0.4) is 0 Å². The smallest absolute Gasteiger partial charge is 0.191 e. The van der Waals surface area contributed by atoms with Gasteiger partial charge < -0.3 is 9.47 Å². The van der Waals surface area contributed by atoms with Crippen molar-refractivity contribution < 1.29 is 14.3 Å². The van der Waals surface area contributed by atoms with Crippen LogP contribution < -0.4 is 4.74 Å². The van der Waals surface area contributed by atoms with Gasteiger partial charge in [-0.3, -0.25) is 9.79 Å². The number of hydrogen-bond donors (Lipinski definition) is 0. The maximum atomic E-state index is 12.2. The summed E-state index contributed by atoms with van der Waals surface area (Å²) >= 11 is 0. The van der Waals surface area contributed by atoms with Gasteiger partial charge in [-0.15, -0.1) is 0 Å². The predicted octanol–water partition coefficient (Wildman–Crippen LogP) is 2.82. The number of Topliss-reactive ketones (excluding diaryl/α,β-unsaturated/α-hetero) is 1. The van der Waals surface area contributed by atoms with Gasteiger partial charge in [-0.25, -0.2) is 0 Å². The van der Waals surface area contributed by atoms with Gasteiger partial charge in [-0.1, -0.05) is 13.8 Å². The van der Waals surface area contributed by atoms with Gasteiger partial charge in [0.2, 0.25) is 0 Å². The molecule has 0 saturated heterocycles. The van der Waals surface area contributed by atoms with Crippen LogP contribution in [0.2, 0.25) is 0 Å². The van der Waals surface area contributed by atoms with Crippen LogP contribution in [0.15, 0.2) is 23.2 Å². The molecular formula is C15H19NO3. The third kappa shape index (κ3) is 3.13. The molecule has 19 heavy (non-hydrogen) atoms. The van der Waals surface area contributed by atoms with E-state index in [9.17, 15) is 4.79 Å². The molecule has 0 radical (unpaired) electrons. The molecule has 0 bridgehead atoms. The van der Waals surface area contributed by atoms with Crippen molar-refractivity contribution in [2.75, 3.05) is 20.3 Å². The minimum atomic E-state index is 0.0326. The highest BCUT2D eigenvalue weighted by Gasteiger charge is 2.16. The third-order valence-electron chi connectivity index (χ3n) is 3.13. The minimum Gasteiger partial charge on any atom is -0.496 e. The summed E-state index contributed by atoms with van der Waals surface area (Å²) in [7, 11) is 1.64. The van der Waals surface area contributed by atoms with Crippen molar-refractivity contribution in [3.63, 3.8) is 0 Å². The van der Waals surface area contributed by atoms with Crippen LogP contribution in [-0.4, -0.2) is 31.9 Å². The van der Waals surface area contributed by atoms with E-state index < -0.39 is 0 Å². The van der Waals surface area contributed by atoms with Crippen molar-refractivity contribution in [2.24, 2.45) is 4.99 Å². The topological polar surface area (TPSA) is 47.9 Å². The van der Waals surface area contributed by atoms with E-state index in [2.05, 4.69) is 18.8 Å². The Balaban J connectivity index is 2.19. The van der Waals surface area contributed by atoms with Crippen molar-refractivity contribution in [1.29, 1.82) is 0 Å². The molecule has 0 N–H and O–H groups in total. The monoisotopic (exact) mass is 261 g/mol. The van der Waals surface area contributed by atoms with E-state index in [1.54, 1.807) is 13.2 Å². The molecular weight excluding hydrogens is 242 g/mol. The molecule has 0 unspecified atom stereocenters. The lowest BCUT2D eigenvalue weighted by molar-refractivity contribution is 0.0994. The Labute approximate surface area is 113 Å². The fourth-order valence-corrected chi connectivity index (χ4v) is 2.08. The summed E-state index contributed by atoms with van der Waals surface area (Å²) in [5.74, 6) is 1.71. The summed E-state index contributed by atoms with van der Waals surface area (Å²) in [4.78, 5) is 16.3.